The van der Waals surface area contributed by atoms with Crippen LogP contribution in [0, 0.1) is 5.82 Å². The van der Waals surface area contributed by atoms with E-state index in [1.807, 2.05) is 12.1 Å². The van der Waals surface area contributed by atoms with Crippen molar-refractivity contribution in [1.82, 2.24) is 0 Å². The number of halogens is 2. The summed E-state index contributed by atoms with van der Waals surface area (Å²) in [7, 11) is 0. The molecule has 2 aromatic carbocycles. The quantitative estimate of drug-likeness (QED) is 0.886. The summed E-state index contributed by atoms with van der Waals surface area (Å²) in [5.74, 6) is -0.367. The molecule has 1 aliphatic carbocycles. The van der Waals surface area contributed by atoms with Gasteiger partial charge in [0.25, 0.3) is 0 Å². The van der Waals surface area contributed by atoms with Gasteiger partial charge in [0.1, 0.15) is 5.82 Å². The van der Waals surface area contributed by atoms with E-state index in [-0.39, 0.29) is 11.7 Å². The lowest BCUT2D eigenvalue weighted by molar-refractivity contribution is -0.124. The van der Waals surface area contributed by atoms with Crippen molar-refractivity contribution < 1.29 is 9.18 Å². The molecule has 1 aliphatic rings. The molecule has 0 bridgehead atoms. The van der Waals surface area contributed by atoms with Gasteiger partial charge in [-0.3, -0.25) is 4.79 Å². The lowest BCUT2D eigenvalue weighted by Crippen LogP contribution is -2.46. The van der Waals surface area contributed by atoms with E-state index in [0.29, 0.717) is 10.7 Å². The largest absolute Gasteiger partial charge is 0.324 e. The Hall–Kier alpha value is -1.87. The predicted octanol–water partition coefficient (Wildman–Crippen LogP) is 4.54. The zero-order valence-corrected chi connectivity index (χ0v) is 12.2. The second-order valence-corrected chi connectivity index (χ2v) is 5.78. The molecule has 21 heavy (non-hydrogen) atoms. The minimum Gasteiger partial charge on any atom is -0.324 e. The van der Waals surface area contributed by atoms with Crippen LogP contribution in [0.15, 0.2) is 48.5 Å². The monoisotopic (exact) mass is 303 g/mol. The van der Waals surface area contributed by atoms with E-state index < -0.39 is 5.41 Å². The Morgan fingerprint density at radius 2 is 1.76 bits per heavy atom. The number of nitrogens with one attached hydrogen (secondary N) is 1. The predicted molar refractivity (Wildman–Crippen MR) is 82.0 cm³/mol. The molecule has 0 spiro atoms. The number of hydrogen-bond donors (Lipinski definition) is 1. The number of rotatable bonds is 3. The van der Waals surface area contributed by atoms with Gasteiger partial charge >= 0.3 is 0 Å². The fraction of sp³-hybridized carbons (Fsp3) is 0.235. The summed E-state index contributed by atoms with van der Waals surface area (Å²) in [6.45, 7) is 0. The third kappa shape index (κ3) is 2.54. The molecule has 2 aromatic rings. The standard InChI is InChI=1S/C17H15ClFNO/c18-14-4-1-2-5-15(14)20-16(21)17(10-3-11-17)12-6-8-13(19)9-7-12/h1-2,4-9H,3,10-11H2,(H,20,21). The maximum atomic E-state index is 13.1. The molecular weight excluding hydrogens is 289 g/mol. The molecule has 1 fully saturated rings. The number of carbonyl (C=O) groups is 1. The van der Waals surface area contributed by atoms with Crippen LogP contribution in [-0.2, 0) is 10.2 Å². The molecule has 3 rings (SSSR count). The lowest BCUT2D eigenvalue weighted by atomic mass is 9.64. The van der Waals surface area contributed by atoms with Crippen LogP contribution >= 0.6 is 11.6 Å². The van der Waals surface area contributed by atoms with Gasteiger partial charge in [0.05, 0.1) is 16.1 Å². The van der Waals surface area contributed by atoms with Gasteiger partial charge in [-0.15, -0.1) is 0 Å². The van der Waals surface area contributed by atoms with Gasteiger partial charge in [0, 0.05) is 0 Å². The average molecular weight is 304 g/mol. The number of hydrogen-bond acceptors (Lipinski definition) is 1. The Bertz CT molecular complexity index is 665. The third-order valence-electron chi connectivity index (χ3n) is 4.16. The maximum absolute atomic E-state index is 13.1. The summed E-state index contributed by atoms with van der Waals surface area (Å²) < 4.78 is 13.1. The van der Waals surface area contributed by atoms with Crippen molar-refractivity contribution in [2.75, 3.05) is 5.32 Å². The van der Waals surface area contributed by atoms with Crippen LogP contribution in [0.3, 0.4) is 0 Å². The van der Waals surface area contributed by atoms with Crippen molar-refractivity contribution in [1.29, 1.82) is 0 Å². The molecular formula is C17H15ClFNO. The van der Waals surface area contributed by atoms with Crippen molar-refractivity contribution >= 4 is 23.2 Å². The average Bonchev–Trinajstić information content (AvgIpc) is 2.42. The number of anilines is 1. The highest BCUT2D eigenvalue weighted by molar-refractivity contribution is 6.33. The molecule has 108 valence electrons. The van der Waals surface area contributed by atoms with Gasteiger partial charge in [-0.2, -0.15) is 0 Å². The van der Waals surface area contributed by atoms with Crippen molar-refractivity contribution in [3.05, 3.63) is 64.9 Å². The third-order valence-corrected chi connectivity index (χ3v) is 4.49. The first-order valence-corrected chi connectivity index (χ1v) is 7.32. The Labute approximate surface area is 127 Å². The second-order valence-electron chi connectivity index (χ2n) is 5.38. The van der Waals surface area contributed by atoms with Gasteiger partial charge < -0.3 is 5.32 Å². The summed E-state index contributed by atoms with van der Waals surface area (Å²) in [5.41, 5.74) is 0.907. The Kier molecular flexibility index (Phi) is 3.68. The van der Waals surface area contributed by atoms with Crippen molar-refractivity contribution in [3.8, 4) is 0 Å². The van der Waals surface area contributed by atoms with Crippen LogP contribution in [0.25, 0.3) is 0 Å². The van der Waals surface area contributed by atoms with Crippen LogP contribution < -0.4 is 5.32 Å². The van der Waals surface area contributed by atoms with Crippen LogP contribution in [0.1, 0.15) is 24.8 Å². The molecule has 0 radical (unpaired) electrons. The molecule has 1 amide bonds. The topological polar surface area (TPSA) is 29.1 Å². The van der Waals surface area contributed by atoms with Crippen LogP contribution in [0.2, 0.25) is 5.02 Å². The highest BCUT2D eigenvalue weighted by atomic mass is 35.5. The number of amides is 1. The van der Waals surface area contributed by atoms with E-state index in [1.165, 1.54) is 12.1 Å². The molecule has 4 heteroatoms. The minimum atomic E-state index is -0.563. The molecule has 0 heterocycles. The maximum Gasteiger partial charge on any atom is 0.235 e. The SMILES string of the molecule is O=C(Nc1ccccc1Cl)C1(c2ccc(F)cc2)CCC1. The van der Waals surface area contributed by atoms with Crippen LogP contribution in [0.5, 0.6) is 0 Å². The number of para-hydroxylation sites is 1. The number of benzene rings is 2. The lowest BCUT2D eigenvalue weighted by Gasteiger charge is -2.40. The normalized spacial score (nSPS) is 16.1. The summed E-state index contributed by atoms with van der Waals surface area (Å²) in [6.07, 6.45) is 2.54. The summed E-state index contributed by atoms with van der Waals surface area (Å²) in [5, 5.41) is 3.41. The smallest absolute Gasteiger partial charge is 0.235 e. The Morgan fingerprint density at radius 1 is 1.10 bits per heavy atom. The molecule has 0 aromatic heterocycles. The highest BCUT2D eigenvalue weighted by Crippen LogP contribution is 2.44. The zero-order chi connectivity index (χ0) is 14.9. The number of carbonyl (C=O) groups excluding carboxylic acids is 1. The van der Waals surface area contributed by atoms with E-state index in [4.69, 9.17) is 11.6 Å². The second kappa shape index (κ2) is 5.49. The van der Waals surface area contributed by atoms with E-state index >= 15 is 0 Å². The van der Waals surface area contributed by atoms with Crippen molar-refractivity contribution in [2.45, 2.75) is 24.7 Å². The Balaban J connectivity index is 1.87. The Morgan fingerprint density at radius 3 is 2.33 bits per heavy atom. The first-order valence-electron chi connectivity index (χ1n) is 6.94. The highest BCUT2D eigenvalue weighted by Gasteiger charge is 2.45. The fourth-order valence-electron chi connectivity index (χ4n) is 2.75. The molecule has 0 aliphatic heterocycles. The molecule has 2 nitrogen and oxygen atoms in total. The van der Waals surface area contributed by atoms with Gasteiger partial charge in [0.2, 0.25) is 5.91 Å². The molecule has 0 saturated heterocycles. The zero-order valence-electron chi connectivity index (χ0n) is 11.4. The van der Waals surface area contributed by atoms with Crippen LogP contribution in [0.4, 0.5) is 10.1 Å². The molecule has 1 N–H and O–H groups in total. The van der Waals surface area contributed by atoms with E-state index in [9.17, 15) is 9.18 Å². The first kappa shape index (κ1) is 14.1. The summed E-state index contributed by atoms with van der Waals surface area (Å²) in [4.78, 5) is 12.7. The first-order chi connectivity index (χ1) is 10.1. The molecule has 1 saturated carbocycles. The van der Waals surface area contributed by atoms with Gasteiger partial charge in [-0.1, -0.05) is 42.3 Å². The van der Waals surface area contributed by atoms with E-state index in [1.54, 1.807) is 24.3 Å². The van der Waals surface area contributed by atoms with E-state index in [2.05, 4.69) is 5.32 Å². The van der Waals surface area contributed by atoms with Crippen LogP contribution in [-0.4, -0.2) is 5.91 Å². The molecule has 0 atom stereocenters. The minimum absolute atomic E-state index is 0.0755. The van der Waals surface area contributed by atoms with E-state index in [0.717, 1.165) is 24.8 Å². The summed E-state index contributed by atoms with van der Waals surface area (Å²) in [6, 6.07) is 13.3. The van der Waals surface area contributed by atoms with Crippen molar-refractivity contribution in [2.24, 2.45) is 0 Å². The summed E-state index contributed by atoms with van der Waals surface area (Å²) >= 11 is 6.08. The van der Waals surface area contributed by atoms with Crippen molar-refractivity contribution in [3.63, 3.8) is 0 Å². The van der Waals surface area contributed by atoms with Gasteiger partial charge in [0.15, 0.2) is 0 Å². The fourth-order valence-corrected chi connectivity index (χ4v) is 2.93. The van der Waals surface area contributed by atoms with Gasteiger partial charge in [-0.25, -0.2) is 4.39 Å². The van der Waals surface area contributed by atoms with Gasteiger partial charge in [-0.05, 0) is 42.7 Å². The molecule has 0 unspecified atom stereocenters.